The number of unbranched alkanes of at least 4 members (excludes halogenated alkanes) is 24. The summed E-state index contributed by atoms with van der Waals surface area (Å²) in [5.41, 5.74) is 0. The van der Waals surface area contributed by atoms with Crippen LogP contribution in [0.25, 0.3) is 0 Å². The largest absolute Gasteiger partial charge is 0.303 e. The van der Waals surface area contributed by atoms with Crippen LogP contribution in [0.3, 0.4) is 0 Å². The molecule has 0 radical (unpaired) electrons. The Morgan fingerprint density at radius 2 is 0.510 bits per heavy atom. The molecular weight excluding hydrogens is 615 g/mol. The summed E-state index contributed by atoms with van der Waals surface area (Å²) in [5, 5.41) is 0. The van der Waals surface area contributed by atoms with E-state index in [0.29, 0.717) is 0 Å². The van der Waals surface area contributed by atoms with Gasteiger partial charge in [-0.2, -0.15) is 0 Å². The monoisotopic (exact) mass is 718 g/mol. The molecule has 0 bridgehead atoms. The third-order valence-corrected chi connectivity index (χ3v) is 12.4. The molecule has 0 spiro atoms. The zero-order chi connectivity index (χ0) is 37.5. The van der Waals surface area contributed by atoms with Crippen LogP contribution in [0.4, 0.5) is 0 Å². The first-order chi connectivity index (χ1) is 24.9. The number of hydrogen-bond acceptors (Lipinski definition) is 1. The topological polar surface area (TPSA) is 3.24 Å². The number of nitrogens with zero attached hydrogens (tertiary/aromatic N) is 1. The van der Waals surface area contributed by atoms with E-state index < -0.39 is 0 Å². The third-order valence-electron chi connectivity index (χ3n) is 12.4. The summed E-state index contributed by atoms with van der Waals surface area (Å²) in [5.74, 6) is 3.61. The Bertz CT molecular complexity index is 597. The van der Waals surface area contributed by atoms with Gasteiger partial charge in [0, 0.05) is 0 Å². The molecule has 3 unspecified atom stereocenters. The van der Waals surface area contributed by atoms with Crippen LogP contribution < -0.4 is 0 Å². The van der Waals surface area contributed by atoms with E-state index in [1.54, 1.807) is 0 Å². The highest BCUT2D eigenvalue weighted by molar-refractivity contribution is 4.65. The summed E-state index contributed by atoms with van der Waals surface area (Å²) in [6, 6.07) is 0. The fourth-order valence-corrected chi connectivity index (χ4v) is 8.38. The summed E-state index contributed by atoms with van der Waals surface area (Å²) >= 11 is 0. The normalized spacial score (nSPS) is 13.8. The van der Waals surface area contributed by atoms with Crippen LogP contribution in [0, 0.1) is 23.7 Å². The first-order valence-corrected chi connectivity index (χ1v) is 24.6. The first kappa shape index (κ1) is 51.0. The van der Waals surface area contributed by atoms with Gasteiger partial charge in [-0.05, 0) is 62.6 Å². The van der Waals surface area contributed by atoms with E-state index in [4.69, 9.17) is 0 Å². The molecule has 0 heterocycles. The van der Waals surface area contributed by atoms with Crippen LogP contribution >= 0.6 is 0 Å². The summed E-state index contributed by atoms with van der Waals surface area (Å²) < 4.78 is 0. The van der Waals surface area contributed by atoms with Crippen molar-refractivity contribution in [3.8, 4) is 0 Å². The Labute approximate surface area is 326 Å². The average molecular weight is 718 g/mol. The predicted molar refractivity (Wildman–Crippen MR) is 236 cm³/mol. The van der Waals surface area contributed by atoms with Gasteiger partial charge in [-0.1, -0.05) is 260 Å². The molecule has 0 saturated carbocycles. The molecule has 0 fully saturated rings. The van der Waals surface area contributed by atoms with E-state index in [2.05, 4.69) is 53.4 Å². The molecule has 0 aromatic carbocycles. The smallest absolute Gasteiger partial charge is 0.00162 e. The number of rotatable bonds is 43. The van der Waals surface area contributed by atoms with Crippen molar-refractivity contribution in [2.45, 2.75) is 280 Å². The number of hydrogen-bond donors (Lipinski definition) is 0. The van der Waals surface area contributed by atoms with Crippen molar-refractivity contribution in [1.82, 2.24) is 4.90 Å². The van der Waals surface area contributed by atoms with E-state index in [9.17, 15) is 0 Å². The van der Waals surface area contributed by atoms with Crippen LogP contribution in [0.2, 0.25) is 0 Å². The standard InChI is InChI=1S/C50H103N/c1-8-10-12-14-16-18-20-22-24-26-28-30-32-44-51(45-33-31-29-27-25-23-21-19-17-15-13-11-9-2)46-43-50(7)42-36-41-49(6)40-35-39-48(5)38-34-37-47(3)4/h47-50H,8-46H2,1-7H3. The fourth-order valence-electron chi connectivity index (χ4n) is 8.38. The van der Waals surface area contributed by atoms with Crippen molar-refractivity contribution < 1.29 is 0 Å². The zero-order valence-corrected chi connectivity index (χ0v) is 37.3. The average Bonchev–Trinajstić information content (AvgIpc) is 3.10. The minimum absolute atomic E-state index is 0.871. The predicted octanol–water partition coefficient (Wildman–Crippen LogP) is 17.9. The molecule has 308 valence electrons. The summed E-state index contributed by atoms with van der Waals surface area (Å²) in [7, 11) is 0. The second-order valence-corrected chi connectivity index (χ2v) is 18.6. The molecule has 0 aliphatic heterocycles. The summed E-state index contributed by atoms with van der Waals surface area (Å²) in [4.78, 5) is 2.89. The minimum atomic E-state index is 0.871. The molecule has 1 nitrogen and oxygen atoms in total. The maximum absolute atomic E-state index is 2.89. The van der Waals surface area contributed by atoms with Gasteiger partial charge in [-0.15, -0.1) is 0 Å². The van der Waals surface area contributed by atoms with Crippen molar-refractivity contribution in [2.75, 3.05) is 19.6 Å². The lowest BCUT2D eigenvalue weighted by atomic mass is 9.90. The molecule has 0 aliphatic carbocycles. The molecule has 0 aromatic heterocycles. The molecule has 0 rings (SSSR count). The Balaban J connectivity index is 4.21. The van der Waals surface area contributed by atoms with Gasteiger partial charge in [-0.25, -0.2) is 0 Å². The molecule has 1 heteroatoms. The maximum atomic E-state index is 2.89. The van der Waals surface area contributed by atoms with Crippen LogP contribution in [-0.2, 0) is 0 Å². The Hall–Kier alpha value is -0.0400. The zero-order valence-electron chi connectivity index (χ0n) is 37.3. The van der Waals surface area contributed by atoms with Crippen molar-refractivity contribution >= 4 is 0 Å². The molecule has 3 atom stereocenters. The van der Waals surface area contributed by atoms with Crippen molar-refractivity contribution in [3.05, 3.63) is 0 Å². The van der Waals surface area contributed by atoms with Gasteiger partial charge in [0.05, 0.1) is 0 Å². The summed E-state index contributed by atoms with van der Waals surface area (Å²) in [6.07, 6.45) is 52.3. The molecule has 0 aliphatic rings. The van der Waals surface area contributed by atoms with Gasteiger partial charge in [0.15, 0.2) is 0 Å². The SMILES string of the molecule is CCCCCCCCCCCCCCCN(CCCCCCCCCCCCCCC)CCC(C)CCCC(C)CCCC(C)CCCC(C)C. The lowest BCUT2D eigenvalue weighted by Crippen LogP contribution is -2.28. The first-order valence-electron chi connectivity index (χ1n) is 24.6. The van der Waals surface area contributed by atoms with E-state index in [-0.39, 0.29) is 0 Å². The van der Waals surface area contributed by atoms with Crippen LogP contribution in [0.15, 0.2) is 0 Å². The van der Waals surface area contributed by atoms with Gasteiger partial charge in [0.25, 0.3) is 0 Å². The van der Waals surface area contributed by atoms with Gasteiger partial charge < -0.3 is 4.90 Å². The molecular formula is C50H103N. The molecule has 0 amide bonds. The molecule has 0 saturated heterocycles. The molecule has 51 heavy (non-hydrogen) atoms. The Morgan fingerprint density at radius 3 is 0.804 bits per heavy atom. The second-order valence-electron chi connectivity index (χ2n) is 18.6. The van der Waals surface area contributed by atoms with Gasteiger partial charge >= 0.3 is 0 Å². The maximum Gasteiger partial charge on any atom is -0.00162 e. The van der Waals surface area contributed by atoms with Crippen LogP contribution in [0.1, 0.15) is 280 Å². The van der Waals surface area contributed by atoms with Crippen molar-refractivity contribution in [3.63, 3.8) is 0 Å². The third kappa shape index (κ3) is 41.0. The van der Waals surface area contributed by atoms with E-state index in [0.717, 1.165) is 23.7 Å². The van der Waals surface area contributed by atoms with E-state index in [1.807, 2.05) is 0 Å². The van der Waals surface area contributed by atoms with Gasteiger partial charge in [0.2, 0.25) is 0 Å². The van der Waals surface area contributed by atoms with Gasteiger partial charge in [-0.3, -0.25) is 0 Å². The molecule has 0 N–H and O–H groups in total. The lowest BCUT2D eigenvalue weighted by molar-refractivity contribution is 0.238. The highest BCUT2D eigenvalue weighted by Gasteiger charge is 2.11. The van der Waals surface area contributed by atoms with Gasteiger partial charge in [0.1, 0.15) is 0 Å². The highest BCUT2D eigenvalue weighted by Crippen LogP contribution is 2.23. The Morgan fingerprint density at radius 1 is 0.255 bits per heavy atom. The fraction of sp³-hybridized carbons (Fsp3) is 1.00. The Kier molecular flexibility index (Phi) is 41.1. The van der Waals surface area contributed by atoms with E-state index in [1.165, 1.54) is 251 Å². The van der Waals surface area contributed by atoms with Crippen molar-refractivity contribution in [1.29, 1.82) is 0 Å². The lowest BCUT2D eigenvalue weighted by Gasteiger charge is -2.24. The second kappa shape index (κ2) is 41.1. The summed E-state index contributed by atoms with van der Waals surface area (Å²) in [6.45, 7) is 21.0. The minimum Gasteiger partial charge on any atom is -0.303 e. The highest BCUT2D eigenvalue weighted by atomic mass is 15.1. The molecule has 0 aromatic rings. The quantitative estimate of drug-likeness (QED) is 0.0568. The van der Waals surface area contributed by atoms with Crippen molar-refractivity contribution in [2.24, 2.45) is 23.7 Å². The van der Waals surface area contributed by atoms with E-state index >= 15 is 0 Å². The van der Waals surface area contributed by atoms with Crippen LogP contribution in [0.5, 0.6) is 0 Å². The van der Waals surface area contributed by atoms with Crippen LogP contribution in [-0.4, -0.2) is 24.5 Å².